The SMILES string of the molecule is CCNC(=NCc1ccn(C2CCCC2)n1)Nc1cccc(OCCCOC)c1.I. The quantitative estimate of drug-likeness (QED) is 0.204. The summed E-state index contributed by atoms with van der Waals surface area (Å²) < 4.78 is 12.9. The Morgan fingerprint density at radius 3 is 2.83 bits per heavy atom. The van der Waals surface area contributed by atoms with Gasteiger partial charge in [-0.25, -0.2) is 4.99 Å². The van der Waals surface area contributed by atoms with E-state index >= 15 is 0 Å². The van der Waals surface area contributed by atoms with Gasteiger partial charge in [0.15, 0.2) is 5.96 Å². The van der Waals surface area contributed by atoms with Gasteiger partial charge >= 0.3 is 0 Å². The van der Waals surface area contributed by atoms with Crippen LogP contribution >= 0.6 is 24.0 Å². The predicted octanol–water partition coefficient (Wildman–Crippen LogP) is 4.61. The lowest BCUT2D eigenvalue weighted by atomic mass is 10.3. The molecule has 7 nitrogen and oxygen atoms in total. The second-order valence-electron chi connectivity index (χ2n) is 7.27. The molecular weight excluding hydrogens is 493 g/mol. The molecule has 1 aliphatic rings. The van der Waals surface area contributed by atoms with Gasteiger partial charge in [-0.05, 0) is 38.0 Å². The summed E-state index contributed by atoms with van der Waals surface area (Å²) in [5.41, 5.74) is 1.93. The van der Waals surface area contributed by atoms with Gasteiger partial charge in [0.05, 0.1) is 24.9 Å². The lowest BCUT2D eigenvalue weighted by molar-refractivity contribution is 0.172. The number of hydrogen-bond donors (Lipinski definition) is 2. The fourth-order valence-electron chi connectivity index (χ4n) is 3.49. The maximum absolute atomic E-state index is 5.78. The van der Waals surface area contributed by atoms with Crippen LogP contribution in [0.1, 0.15) is 50.8 Å². The van der Waals surface area contributed by atoms with E-state index in [1.165, 1.54) is 25.7 Å². The van der Waals surface area contributed by atoms with E-state index in [9.17, 15) is 0 Å². The number of guanidine groups is 1. The van der Waals surface area contributed by atoms with Gasteiger partial charge < -0.3 is 20.1 Å². The highest BCUT2D eigenvalue weighted by molar-refractivity contribution is 14.0. The summed E-state index contributed by atoms with van der Waals surface area (Å²) in [6, 6.07) is 10.5. The number of ether oxygens (including phenoxy) is 2. The van der Waals surface area contributed by atoms with Crippen LogP contribution in [0.4, 0.5) is 5.69 Å². The number of halogens is 1. The van der Waals surface area contributed by atoms with Crippen LogP contribution in [0.15, 0.2) is 41.5 Å². The Kier molecular flexibility index (Phi) is 11.0. The molecule has 0 spiro atoms. The Hall–Kier alpha value is -1.81. The molecule has 1 aliphatic carbocycles. The molecule has 0 radical (unpaired) electrons. The third kappa shape index (κ3) is 7.79. The van der Waals surface area contributed by atoms with E-state index in [1.54, 1.807) is 7.11 Å². The fourth-order valence-corrected chi connectivity index (χ4v) is 3.49. The number of anilines is 1. The number of rotatable bonds is 10. The van der Waals surface area contributed by atoms with Crippen molar-refractivity contribution in [3.63, 3.8) is 0 Å². The van der Waals surface area contributed by atoms with E-state index < -0.39 is 0 Å². The average Bonchev–Trinajstić information content (AvgIpc) is 3.42. The van der Waals surface area contributed by atoms with E-state index in [-0.39, 0.29) is 24.0 Å². The van der Waals surface area contributed by atoms with Crippen molar-refractivity contribution in [1.29, 1.82) is 0 Å². The first-order valence-electron chi connectivity index (χ1n) is 10.6. The summed E-state index contributed by atoms with van der Waals surface area (Å²) in [6.45, 7) is 4.72. The van der Waals surface area contributed by atoms with Crippen LogP contribution in [0.3, 0.4) is 0 Å². The molecule has 8 heteroatoms. The first kappa shape index (κ1) is 24.5. The lowest BCUT2D eigenvalue weighted by Gasteiger charge is -2.13. The summed E-state index contributed by atoms with van der Waals surface area (Å²) in [5, 5.41) is 11.4. The molecule has 1 fully saturated rings. The maximum Gasteiger partial charge on any atom is 0.196 e. The average molecular weight is 527 g/mol. The van der Waals surface area contributed by atoms with Crippen molar-refractivity contribution in [2.45, 2.75) is 51.6 Å². The van der Waals surface area contributed by atoms with Crippen LogP contribution in [0.5, 0.6) is 5.75 Å². The number of methoxy groups -OCH3 is 1. The highest BCUT2D eigenvalue weighted by atomic mass is 127. The third-order valence-corrected chi connectivity index (χ3v) is 4.96. The molecule has 1 heterocycles. The third-order valence-electron chi connectivity index (χ3n) is 4.96. The van der Waals surface area contributed by atoms with Gasteiger partial charge in [0.1, 0.15) is 5.75 Å². The first-order valence-corrected chi connectivity index (χ1v) is 10.6. The Morgan fingerprint density at radius 2 is 2.07 bits per heavy atom. The lowest BCUT2D eigenvalue weighted by Crippen LogP contribution is -2.30. The van der Waals surface area contributed by atoms with Crippen LogP contribution < -0.4 is 15.4 Å². The summed E-state index contributed by atoms with van der Waals surface area (Å²) in [5.74, 6) is 1.57. The van der Waals surface area contributed by atoms with Gasteiger partial charge in [-0.1, -0.05) is 18.9 Å². The molecule has 0 bridgehead atoms. The minimum absolute atomic E-state index is 0. The second-order valence-corrected chi connectivity index (χ2v) is 7.27. The van der Waals surface area contributed by atoms with Crippen molar-refractivity contribution >= 4 is 35.6 Å². The molecule has 2 aromatic rings. The van der Waals surface area contributed by atoms with Crippen LogP contribution in [-0.4, -0.2) is 42.6 Å². The van der Waals surface area contributed by atoms with E-state index in [1.807, 2.05) is 24.3 Å². The minimum atomic E-state index is 0. The van der Waals surface area contributed by atoms with Crippen molar-refractivity contribution < 1.29 is 9.47 Å². The minimum Gasteiger partial charge on any atom is -0.493 e. The Morgan fingerprint density at radius 1 is 1.23 bits per heavy atom. The van der Waals surface area contributed by atoms with Gasteiger partial charge in [0.2, 0.25) is 0 Å². The monoisotopic (exact) mass is 527 g/mol. The fraction of sp³-hybridized carbons (Fsp3) is 0.545. The Balaban J connectivity index is 0.00000320. The first-order chi connectivity index (χ1) is 14.3. The number of nitrogens with one attached hydrogen (secondary N) is 2. The normalized spacial score (nSPS) is 14.4. The number of benzene rings is 1. The maximum atomic E-state index is 5.78. The molecule has 2 N–H and O–H groups in total. The van der Waals surface area contributed by atoms with Crippen molar-refractivity contribution in [3.8, 4) is 5.75 Å². The topological polar surface area (TPSA) is 72.7 Å². The molecule has 3 rings (SSSR count). The molecule has 0 unspecified atom stereocenters. The number of aliphatic imine (C=N–C) groups is 1. The van der Waals surface area contributed by atoms with Gasteiger partial charge in [0.25, 0.3) is 0 Å². The van der Waals surface area contributed by atoms with Crippen LogP contribution in [0.2, 0.25) is 0 Å². The van der Waals surface area contributed by atoms with Crippen molar-refractivity contribution in [1.82, 2.24) is 15.1 Å². The van der Waals surface area contributed by atoms with Crippen molar-refractivity contribution in [2.24, 2.45) is 4.99 Å². The van der Waals surface area contributed by atoms with Gasteiger partial charge in [-0.15, -0.1) is 24.0 Å². The molecule has 0 aliphatic heterocycles. The van der Waals surface area contributed by atoms with Crippen LogP contribution in [-0.2, 0) is 11.3 Å². The molecule has 0 amide bonds. The van der Waals surface area contributed by atoms with Crippen molar-refractivity contribution in [2.75, 3.05) is 32.2 Å². The summed E-state index contributed by atoms with van der Waals surface area (Å²) in [4.78, 5) is 4.70. The zero-order valence-electron chi connectivity index (χ0n) is 18.0. The molecule has 0 saturated heterocycles. The molecule has 1 aromatic heterocycles. The van der Waals surface area contributed by atoms with E-state index in [2.05, 4.69) is 34.5 Å². The summed E-state index contributed by atoms with van der Waals surface area (Å²) in [6.07, 6.45) is 8.04. The molecule has 30 heavy (non-hydrogen) atoms. The number of aromatic nitrogens is 2. The van der Waals surface area contributed by atoms with Gasteiger partial charge in [-0.3, -0.25) is 4.68 Å². The van der Waals surface area contributed by atoms with Gasteiger partial charge in [-0.2, -0.15) is 5.10 Å². The Labute approximate surface area is 196 Å². The van der Waals surface area contributed by atoms with E-state index in [0.29, 0.717) is 25.8 Å². The largest absolute Gasteiger partial charge is 0.493 e. The molecule has 1 aromatic carbocycles. The standard InChI is InChI=1S/C22H33N5O2.HI/c1-3-23-22(24-17-19-12-13-27(26-19)20-9-4-5-10-20)25-18-8-6-11-21(16-18)29-15-7-14-28-2;/h6,8,11-13,16,20H,3-5,7,9-10,14-15,17H2,1-2H3,(H2,23,24,25);1H. The van der Waals surface area contributed by atoms with E-state index in [4.69, 9.17) is 19.6 Å². The number of nitrogens with zero attached hydrogens (tertiary/aromatic N) is 3. The smallest absolute Gasteiger partial charge is 0.196 e. The van der Waals surface area contributed by atoms with Crippen LogP contribution in [0.25, 0.3) is 0 Å². The molecule has 166 valence electrons. The molecule has 1 saturated carbocycles. The molecular formula is C22H34IN5O2. The van der Waals surface area contributed by atoms with Crippen molar-refractivity contribution in [3.05, 3.63) is 42.2 Å². The highest BCUT2D eigenvalue weighted by Crippen LogP contribution is 2.28. The van der Waals surface area contributed by atoms with E-state index in [0.717, 1.165) is 36.1 Å². The van der Waals surface area contributed by atoms with Gasteiger partial charge in [0, 0.05) is 44.6 Å². The Bertz CT molecular complexity index is 774. The number of hydrogen-bond acceptors (Lipinski definition) is 4. The zero-order chi connectivity index (χ0) is 20.3. The van der Waals surface area contributed by atoms with Crippen LogP contribution in [0, 0.1) is 0 Å². The highest BCUT2D eigenvalue weighted by Gasteiger charge is 2.17. The predicted molar refractivity (Wildman–Crippen MR) is 132 cm³/mol. The summed E-state index contributed by atoms with van der Waals surface area (Å²) in [7, 11) is 1.70. The second kappa shape index (κ2) is 13.5. The summed E-state index contributed by atoms with van der Waals surface area (Å²) >= 11 is 0. The molecule has 0 atom stereocenters. The zero-order valence-corrected chi connectivity index (χ0v) is 20.3.